The van der Waals surface area contributed by atoms with Gasteiger partial charge in [0.2, 0.25) is 0 Å². The molecule has 0 heterocycles. The predicted octanol–water partition coefficient (Wildman–Crippen LogP) is 2.34. The lowest BCUT2D eigenvalue weighted by atomic mass is 10.1. The number of halogens is 2. The van der Waals surface area contributed by atoms with Gasteiger partial charge in [-0.2, -0.15) is 0 Å². The van der Waals surface area contributed by atoms with Crippen molar-refractivity contribution < 1.29 is 23.8 Å². The zero-order valence-corrected chi connectivity index (χ0v) is 7.29. The molecule has 0 unspecified atom stereocenters. The molecule has 0 atom stereocenters. The smallest absolute Gasteiger partial charge is 0.339 e. The minimum Gasteiger partial charge on any atom is -0.507 e. The van der Waals surface area contributed by atoms with Crippen molar-refractivity contribution in [3.8, 4) is 5.75 Å². The van der Waals surface area contributed by atoms with Crippen molar-refractivity contribution in [2.24, 2.45) is 0 Å². The number of benzene rings is 1. The maximum Gasteiger partial charge on any atom is 0.339 e. The van der Waals surface area contributed by atoms with E-state index < -0.39 is 29.3 Å². The third-order valence-electron chi connectivity index (χ3n) is 1.75. The van der Waals surface area contributed by atoms with Crippen LogP contribution in [0.1, 0.15) is 27.9 Å². The number of hydrogen-bond donors (Lipinski definition) is 2. The summed E-state index contributed by atoms with van der Waals surface area (Å²) in [5, 5.41) is 17.8. The Hall–Kier alpha value is -1.65. The van der Waals surface area contributed by atoms with Crippen LogP contribution in [-0.2, 0) is 0 Å². The number of aromatic carboxylic acids is 1. The Balaban J connectivity index is 3.40. The number of alkyl halides is 2. The largest absolute Gasteiger partial charge is 0.507 e. The molecule has 0 amide bonds. The molecule has 0 bridgehead atoms. The summed E-state index contributed by atoms with van der Waals surface area (Å²) in [6, 6.07) is 2.20. The van der Waals surface area contributed by atoms with Crippen molar-refractivity contribution >= 4 is 5.97 Å². The van der Waals surface area contributed by atoms with Crippen molar-refractivity contribution in [1.29, 1.82) is 0 Å². The fourth-order valence-corrected chi connectivity index (χ4v) is 1.14. The van der Waals surface area contributed by atoms with E-state index >= 15 is 0 Å². The van der Waals surface area contributed by atoms with E-state index in [1.807, 2.05) is 0 Å². The molecular weight excluding hydrogens is 194 g/mol. The van der Waals surface area contributed by atoms with Gasteiger partial charge in [0.25, 0.3) is 6.43 Å². The number of aryl methyl sites for hydroxylation is 1. The SMILES string of the molecule is Cc1cc(C(=O)O)c(O)c(C(F)F)c1. The fourth-order valence-electron chi connectivity index (χ4n) is 1.14. The lowest BCUT2D eigenvalue weighted by Crippen LogP contribution is -2.00. The predicted molar refractivity (Wildman–Crippen MR) is 44.8 cm³/mol. The summed E-state index contributed by atoms with van der Waals surface area (Å²) in [4.78, 5) is 10.5. The summed E-state index contributed by atoms with van der Waals surface area (Å²) in [5.74, 6) is -2.29. The van der Waals surface area contributed by atoms with E-state index in [0.717, 1.165) is 12.1 Å². The Kier molecular flexibility index (Phi) is 2.69. The zero-order chi connectivity index (χ0) is 10.9. The summed E-state index contributed by atoms with van der Waals surface area (Å²) < 4.78 is 24.6. The zero-order valence-electron chi connectivity index (χ0n) is 7.29. The molecule has 0 fully saturated rings. The minimum absolute atomic E-state index is 0.371. The maximum atomic E-state index is 12.3. The third-order valence-corrected chi connectivity index (χ3v) is 1.75. The Labute approximate surface area is 78.6 Å². The van der Waals surface area contributed by atoms with Gasteiger partial charge < -0.3 is 10.2 Å². The Morgan fingerprint density at radius 2 is 2.00 bits per heavy atom. The van der Waals surface area contributed by atoms with Crippen LogP contribution in [-0.4, -0.2) is 16.2 Å². The van der Waals surface area contributed by atoms with Gasteiger partial charge in [-0.05, 0) is 24.6 Å². The number of aromatic hydroxyl groups is 1. The quantitative estimate of drug-likeness (QED) is 0.773. The Morgan fingerprint density at radius 1 is 1.43 bits per heavy atom. The van der Waals surface area contributed by atoms with E-state index in [-0.39, 0.29) is 0 Å². The molecule has 0 radical (unpaired) electrons. The van der Waals surface area contributed by atoms with Gasteiger partial charge in [0.15, 0.2) is 0 Å². The second-order valence-electron chi connectivity index (χ2n) is 2.86. The number of phenols is 1. The number of hydrogen-bond acceptors (Lipinski definition) is 2. The number of carbonyl (C=O) groups is 1. The number of rotatable bonds is 2. The summed E-state index contributed by atoms with van der Waals surface area (Å²) in [7, 11) is 0. The van der Waals surface area contributed by atoms with E-state index in [2.05, 4.69) is 0 Å². The lowest BCUT2D eigenvalue weighted by Gasteiger charge is -2.07. The molecule has 76 valence electrons. The van der Waals surface area contributed by atoms with Crippen LogP contribution in [0.2, 0.25) is 0 Å². The summed E-state index contributed by atoms with van der Waals surface area (Å²) in [5.41, 5.74) is -0.779. The lowest BCUT2D eigenvalue weighted by molar-refractivity contribution is 0.0692. The summed E-state index contributed by atoms with van der Waals surface area (Å²) in [6.45, 7) is 1.48. The van der Waals surface area contributed by atoms with Gasteiger partial charge in [-0.15, -0.1) is 0 Å². The first-order valence-corrected chi connectivity index (χ1v) is 3.78. The molecule has 1 aromatic rings. The molecule has 0 saturated carbocycles. The van der Waals surface area contributed by atoms with E-state index in [1.165, 1.54) is 6.92 Å². The Bertz CT molecular complexity index is 375. The van der Waals surface area contributed by atoms with Crippen LogP contribution < -0.4 is 0 Å². The van der Waals surface area contributed by atoms with E-state index in [4.69, 9.17) is 5.11 Å². The molecule has 14 heavy (non-hydrogen) atoms. The van der Waals surface area contributed by atoms with E-state index in [1.54, 1.807) is 0 Å². The van der Waals surface area contributed by atoms with Crippen molar-refractivity contribution in [1.82, 2.24) is 0 Å². The Morgan fingerprint density at radius 3 is 2.43 bits per heavy atom. The second-order valence-corrected chi connectivity index (χ2v) is 2.86. The number of carboxylic acid groups (broad SMARTS) is 1. The molecule has 0 saturated heterocycles. The maximum absolute atomic E-state index is 12.3. The van der Waals surface area contributed by atoms with Crippen LogP contribution >= 0.6 is 0 Å². The van der Waals surface area contributed by atoms with Crippen LogP contribution in [0.4, 0.5) is 8.78 Å². The molecule has 0 aliphatic heterocycles. The van der Waals surface area contributed by atoms with Crippen molar-refractivity contribution in [2.75, 3.05) is 0 Å². The molecule has 0 spiro atoms. The van der Waals surface area contributed by atoms with Gasteiger partial charge in [-0.25, -0.2) is 13.6 Å². The molecule has 5 heteroatoms. The van der Waals surface area contributed by atoms with E-state index in [0.29, 0.717) is 5.56 Å². The standard InChI is InChI=1S/C9H8F2O3/c1-4-2-5(8(10)11)7(12)6(3-4)9(13)14/h2-3,8,12H,1H3,(H,13,14). The molecule has 1 rings (SSSR count). The van der Waals surface area contributed by atoms with Gasteiger partial charge in [-0.3, -0.25) is 0 Å². The molecule has 0 aromatic heterocycles. The molecular formula is C9H8F2O3. The molecule has 2 N–H and O–H groups in total. The molecule has 3 nitrogen and oxygen atoms in total. The van der Waals surface area contributed by atoms with Crippen LogP contribution in [0.5, 0.6) is 5.75 Å². The monoisotopic (exact) mass is 202 g/mol. The van der Waals surface area contributed by atoms with Crippen LogP contribution in [0, 0.1) is 6.92 Å². The van der Waals surface area contributed by atoms with Crippen LogP contribution in [0.15, 0.2) is 12.1 Å². The third kappa shape index (κ3) is 1.81. The number of carboxylic acids is 1. The fraction of sp³-hybridized carbons (Fsp3) is 0.222. The summed E-state index contributed by atoms with van der Waals surface area (Å²) >= 11 is 0. The van der Waals surface area contributed by atoms with Crippen LogP contribution in [0.3, 0.4) is 0 Å². The first kappa shape index (κ1) is 10.4. The highest BCUT2D eigenvalue weighted by atomic mass is 19.3. The van der Waals surface area contributed by atoms with E-state index in [9.17, 15) is 18.7 Å². The topological polar surface area (TPSA) is 57.5 Å². The van der Waals surface area contributed by atoms with Crippen molar-refractivity contribution in [3.05, 3.63) is 28.8 Å². The average molecular weight is 202 g/mol. The highest BCUT2D eigenvalue weighted by Gasteiger charge is 2.19. The van der Waals surface area contributed by atoms with Gasteiger partial charge in [0, 0.05) is 0 Å². The van der Waals surface area contributed by atoms with Gasteiger partial charge in [0.1, 0.15) is 11.3 Å². The molecule has 1 aromatic carbocycles. The van der Waals surface area contributed by atoms with Crippen molar-refractivity contribution in [3.63, 3.8) is 0 Å². The first-order chi connectivity index (χ1) is 6.43. The molecule has 0 aliphatic rings. The second kappa shape index (κ2) is 3.61. The minimum atomic E-state index is -2.88. The van der Waals surface area contributed by atoms with Crippen molar-refractivity contribution in [2.45, 2.75) is 13.3 Å². The van der Waals surface area contributed by atoms with Gasteiger partial charge in [-0.1, -0.05) is 0 Å². The van der Waals surface area contributed by atoms with Crippen LogP contribution in [0.25, 0.3) is 0 Å². The summed E-state index contributed by atoms with van der Waals surface area (Å²) in [6.07, 6.45) is -2.88. The highest BCUT2D eigenvalue weighted by molar-refractivity contribution is 5.91. The first-order valence-electron chi connectivity index (χ1n) is 3.78. The van der Waals surface area contributed by atoms with Gasteiger partial charge >= 0.3 is 5.97 Å². The molecule has 0 aliphatic carbocycles. The average Bonchev–Trinajstić information content (AvgIpc) is 2.07. The van der Waals surface area contributed by atoms with Gasteiger partial charge in [0.05, 0.1) is 5.56 Å². The highest BCUT2D eigenvalue weighted by Crippen LogP contribution is 2.32. The normalized spacial score (nSPS) is 10.6.